The van der Waals surface area contributed by atoms with Gasteiger partial charge in [0.1, 0.15) is 17.4 Å². The molecule has 0 saturated carbocycles. The summed E-state index contributed by atoms with van der Waals surface area (Å²) in [6.07, 6.45) is 2.19. The second-order valence-electron chi connectivity index (χ2n) is 12.6. The average molecular weight is 594 g/mol. The predicted molar refractivity (Wildman–Crippen MR) is 176 cm³/mol. The van der Waals surface area contributed by atoms with E-state index in [-0.39, 0.29) is 29.1 Å². The number of ketones is 1. The van der Waals surface area contributed by atoms with Gasteiger partial charge in [-0.2, -0.15) is 5.10 Å². The van der Waals surface area contributed by atoms with Gasteiger partial charge in [0.15, 0.2) is 0 Å². The van der Waals surface area contributed by atoms with E-state index in [0.717, 1.165) is 59.8 Å². The first-order valence-electron chi connectivity index (χ1n) is 15.3. The summed E-state index contributed by atoms with van der Waals surface area (Å²) in [4.78, 5) is 27.0. The van der Waals surface area contributed by atoms with E-state index in [1.807, 2.05) is 85.8 Å². The van der Waals surface area contributed by atoms with Gasteiger partial charge in [-0.05, 0) is 74.7 Å². The van der Waals surface area contributed by atoms with Crippen molar-refractivity contribution >= 4 is 23.3 Å². The van der Waals surface area contributed by atoms with Gasteiger partial charge < -0.3 is 15.4 Å². The number of aromatic nitrogens is 2. The zero-order valence-electron chi connectivity index (χ0n) is 26.3. The van der Waals surface area contributed by atoms with Crippen LogP contribution in [0.5, 0.6) is 5.75 Å². The van der Waals surface area contributed by atoms with Crippen LogP contribution < -0.4 is 20.7 Å². The normalized spacial score (nSPS) is 14.6. The Labute approximate surface area is 260 Å². The van der Waals surface area contributed by atoms with E-state index in [1.54, 1.807) is 11.8 Å². The van der Waals surface area contributed by atoms with Crippen LogP contribution in [0.2, 0.25) is 0 Å². The maximum absolute atomic E-state index is 13.8. The minimum absolute atomic E-state index is 0.180. The topological polar surface area (TPSA) is 97.3 Å². The van der Waals surface area contributed by atoms with Crippen molar-refractivity contribution in [1.29, 1.82) is 0 Å². The summed E-state index contributed by atoms with van der Waals surface area (Å²) in [5, 5.41) is 14.2. The Bertz CT molecular complexity index is 1580. The van der Waals surface area contributed by atoms with Crippen LogP contribution in [0.4, 0.5) is 16.3 Å². The fraction of sp³-hybridized carbons (Fsp3) is 0.361. The number of aryl methyl sites for hydroxylation is 1. The number of carbonyl (C=O) groups excluding carboxylic acids is 2. The summed E-state index contributed by atoms with van der Waals surface area (Å²) in [5.41, 5.74) is 5.21. The number of nitrogens with zero attached hydrogens (tertiary/aromatic N) is 2. The maximum Gasteiger partial charge on any atom is 0.324 e. The monoisotopic (exact) mass is 593 g/mol. The molecular formula is C36H43N5O3. The number of piperidine rings is 1. The minimum atomic E-state index is -0.367. The van der Waals surface area contributed by atoms with Crippen LogP contribution in [0, 0.1) is 12.8 Å². The number of hydrogen-bond donors (Lipinski definition) is 3. The number of nitrogens with one attached hydrogen (secondary N) is 3. The average Bonchev–Trinajstić information content (AvgIpc) is 3.43. The molecule has 44 heavy (non-hydrogen) atoms. The third-order valence-electron chi connectivity index (χ3n) is 8.28. The number of hydrogen-bond acceptors (Lipinski definition) is 5. The first-order chi connectivity index (χ1) is 21.1. The lowest BCUT2D eigenvalue weighted by atomic mass is 9.76. The zero-order valence-corrected chi connectivity index (χ0v) is 26.3. The lowest BCUT2D eigenvalue weighted by molar-refractivity contribution is -0.121. The van der Waals surface area contributed by atoms with E-state index < -0.39 is 0 Å². The number of methoxy groups -OCH3 is 1. The molecule has 0 radical (unpaired) electrons. The van der Waals surface area contributed by atoms with E-state index in [1.165, 1.54) is 0 Å². The lowest BCUT2D eigenvalue weighted by Crippen LogP contribution is -2.34. The molecule has 230 valence electrons. The molecule has 8 heteroatoms. The first-order valence-corrected chi connectivity index (χ1v) is 15.3. The smallest absolute Gasteiger partial charge is 0.324 e. The number of anilines is 2. The summed E-state index contributed by atoms with van der Waals surface area (Å²) < 4.78 is 7.28. The molecule has 2 heterocycles. The van der Waals surface area contributed by atoms with Crippen LogP contribution in [0.3, 0.4) is 0 Å². The largest absolute Gasteiger partial charge is 0.496 e. The highest BCUT2D eigenvalue weighted by atomic mass is 16.5. The molecule has 0 bridgehead atoms. The molecule has 2 amide bonds. The fourth-order valence-electron chi connectivity index (χ4n) is 5.82. The number of carbonyl (C=O) groups is 2. The molecule has 1 unspecified atom stereocenters. The number of Topliss-reactive ketones (excluding diaryl/α,β-unsaturated/α-hetero) is 1. The predicted octanol–water partition coefficient (Wildman–Crippen LogP) is 7.03. The van der Waals surface area contributed by atoms with Gasteiger partial charge >= 0.3 is 6.03 Å². The highest BCUT2D eigenvalue weighted by Gasteiger charge is 2.31. The third-order valence-corrected chi connectivity index (χ3v) is 8.28. The lowest BCUT2D eigenvalue weighted by Gasteiger charge is -2.30. The standard InChI is InChI=1S/C36H43N5O3/c1-24-10-16-29(17-11-24)41-33(23-32(40-41)36(2,3)4)39-35(43)38-28-14-12-25(13-15-28)34(26-18-20-37-21-19-26)30(42)22-27-8-6-7-9-31(27)44-5/h6-17,23,26,34,37H,18-22H2,1-5H3,(H2,38,39,43). The van der Waals surface area contributed by atoms with Gasteiger partial charge in [-0.25, -0.2) is 9.48 Å². The summed E-state index contributed by atoms with van der Waals surface area (Å²) in [5.74, 6) is 1.51. The van der Waals surface area contributed by atoms with Crippen molar-refractivity contribution in [3.8, 4) is 11.4 Å². The van der Waals surface area contributed by atoms with Crippen molar-refractivity contribution < 1.29 is 14.3 Å². The van der Waals surface area contributed by atoms with Crippen molar-refractivity contribution in [2.75, 3.05) is 30.8 Å². The molecule has 1 aliphatic heterocycles. The molecular weight excluding hydrogens is 550 g/mol. The molecule has 1 fully saturated rings. The molecule has 1 aromatic heterocycles. The minimum Gasteiger partial charge on any atom is -0.496 e. The number of para-hydroxylation sites is 1. The number of rotatable bonds is 9. The van der Waals surface area contributed by atoms with E-state index in [4.69, 9.17) is 9.84 Å². The summed E-state index contributed by atoms with van der Waals surface area (Å²) in [6, 6.07) is 25.0. The van der Waals surface area contributed by atoms with E-state index in [9.17, 15) is 9.59 Å². The molecule has 0 spiro atoms. The third kappa shape index (κ3) is 7.37. The van der Waals surface area contributed by atoms with Gasteiger partial charge in [0.25, 0.3) is 0 Å². The molecule has 1 saturated heterocycles. The van der Waals surface area contributed by atoms with Crippen LogP contribution in [0.15, 0.2) is 78.9 Å². The Hall–Kier alpha value is -4.43. The molecule has 1 atom stereocenters. The Morgan fingerprint density at radius 1 is 0.977 bits per heavy atom. The summed E-state index contributed by atoms with van der Waals surface area (Å²) in [6.45, 7) is 10.1. The molecule has 0 aliphatic carbocycles. The van der Waals surface area contributed by atoms with Crippen LogP contribution in [0.1, 0.15) is 61.9 Å². The summed E-state index contributed by atoms with van der Waals surface area (Å²) in [7, 11) is 1.63. The van der Waals surface area contributed by atoms with Gasteiger partial charge in [-0.1, -0.05) is 68.8 Å². The van der Waals surface area contributed by atoms with Crippen LogP contribution in [0.25, 0.3) is 5.69 Å². The van der Waals surface area contributed by atoms with E-state index >= 15 is 0 Å². The second kappa shape index (κ2) is 13.5. The van der Waals surface area contributed by atoms with Crippen molar-refractivity contribution in [2.24, 2.45) is 5.92 Å². The molecule has 1 aliphatic rings. The maximum atomic E-state index is 13.8. The van der Waals surface area contributed by atoms with Gasteiger partial charge in [-0.15, -0.1) is 0 Å². The Balaban J connectivity index is 1.33. The molecule has 4 aromatic rings. The Morgan fingerprint density at radius 3 is 2.32 bits per heavy atom. The molecule has 5 rings (SSSR count). The van der Waals surface area contributed by atoms with E-state index in [2.05, 4.69) is 36.7 Å². The Kier molecular flexibility index (Phi) is 9.49. The van der Waals surface area contributed by atoms with Crippen LogP contribution in [-0.2, 0) is 16.6 Å². The molecule has 8 nitrogen and oxygen atoms in total. The highest BCUT2D eigenvalue weighted by molar-refractivity contribution is 5.99. The fourth-order valence-corrected chi connectivity index (χ4v) is 5.82. The van der Waals surface area contributed by atoms with Crippen LogP contribution in [-0.4, -0.2) is 41.8 Å². The van der Waals surface area contributed by atoms with Gasteiger partial charge in [-0.3, -0.25) is 10.1 Å². The van der Waals surface area contributed by atoms with Crippen molar-refractivity contribution in [3.63, 3.8) is 0 Å². The number of urea groups is 1. The van der Waals surface area contributed by atoms with E-state index in [0.29, 0.717) is 17.9 Å². The van der Waals surface area contributed by atoms with Gasteiger partial charge in [0, 0.05) is 35.1 Å². The van der Waals surface area contributed by atoms with Crippen molar-refractivity contribution in [2.45, 2.75) is 58.3 Å². The molecule has 3 N–H and O–H groups in total. The quantitative estimate of drug-likeness (QED) is 0.194. The number of benzene rings is 3. The first kappa shape index (κ1) is 31.0. The summed E-state index contributed by atoms with van der Waals surface area (Å²) >= 11 is 0. The van der Waals surface area contributed by atoms with Crippen molar-refractivity contribution in [1.82, 2.24) is 15.1 Å². The Morgan fingerprint density at radius 2 is 1.66 bits per heavy atom. The SMILES string of the molecule is COc1ccccc1CC(=O)C(c1ccc(NC(=O)Nc2cc(C(C)(C)C)nn2-c2ccc(C)cc2)cc1)C1CCNCC1. The second-order valence-corrected chi connectivity index (χ2v) is 12.6. The number of ether oxygens (including phenoxy) is 1. The number of amides is 2. The molecule has 3 aromatic carbocycles. The van der Waals surface area contributed by atoms with Gasteiger partial charge in [0.2, 0.25) is 0 Å². The van der Waals surface area contributed by atoms with Crippen molar-refractivity contribution in [3.05, 3.63) is 101 Å². The van der Waals surface area contributed by atoms with Gasteiger partial charge in [0.05, 0.1) is 18.5 Å². The van der Waals surface area contributed by atoms with Crippen LogP contribution >= 0.6 is 0 Å². The zero-order chi connectivity index (χ0) is 31.3. The highest BCUT2D eigenvalue weighted by Crippen LogP contribution is 2.35.